The van der Waals surface area contributed by atoms with E-state index in [2.05, 4.69) is 17.0 Å². The highest BCUT2D eigenvalue weighted by Crippen LogP contribution is 2.22. The van der Waals surface area contributed by atoms with Crippen molar-refractivity contribution in [3.8, 4) is 6.07 Å². The van der Waals surface area contributed by atoms with Crippen LogP contribution in [0.25, 0.3) is 0 Å². The molecule has 1 heterocycles. The van der Waals surface area contributed by atoms with Gasteiger partial charge in [-0.25, -0.2) is 4.79 Å². The Hall–Kier alpha value is -2.64. The van der Waals surface area contributed by atoms with Crippen molar-refractivity contribution in [2.45, 2.75) is 19.5 Å². The van der Waals surface area contributed by atoms with E-state index in [0.29, 0.717) is 11.1 Å². The van der Waals surface area contributed by atoms with Gasteiger partial charge in [0.2, 0.25) is 0 Å². The highest BCUT2D eigenvalue weighted by Gasteiger charge is 2.17. The molecule has 4 nitrogen and oxygen atoms in total. The molecule has 0 atom stereocenters. The van der Waals surface area contributed by atoms with Crippen LogP contribution in [0, 0.1) is 11.3 Å². The van der Waals surface area contributed by atoms with Crippen LogP contribution in [0.3, 0.4) is 0 Å². The Bertz CT molecular complexity index is 760. The molecule has 0 spiro atoms. The molecule has 2 aromatic rings. The molecule has 0 aromatic heterocycles. The molecule has 4 heteroatoms. The van der Waals surface area contributed by atoms with E-state index in [-0.39, 0.29) is 5.97 Å². The second-order valence-corrected chi connectivity index (χ2v) is 5.74. The molecule has 0 fully saturated rings. The fourth-order valence-corrected chi connectivity index (χ4v) is 2.94. The molecule has 0 saturated heterocycles. The van der Waals surface area contributed by atoms with E-state index < -0.39 is 0 Å². The number of methoxy groups -OCH3 is 1. The minimum absolute atomic E-state index is 0.313. The lowest BCUT2D eigenvalue weighted by Gasteiger charge is -2.29. The van der Waals surface area contributed by atoms with Crippen LogP contribution in [0.2, 0.25) is 0 Å². The maximum Gasteiger partial charge on any atom is 0.337 e. The molecule has 3 rings (SSSR count). The summed E-state index contributed by atoms with van der Waals surface area (Å²) in [5.74, 6) is -0.313. The number of esters is 1. The number of carbonyl (C=O) groups is 1. The zero-order chi connectivity index (χ0) is 16.2. The summed E-state index contributed by atoms with van der Waals surface area (Å²) in [5.41, 5.74) is 5.02. The summed E-state index contributed by atoms with van der Waals surface area (Å²) < 4.78 is 4.71. The molecule has 1 aliphatic rings. The third kappa shape index (κ3) is 3.41. The van der Waals surface area contributed by atoms with Crippen molar-refractivity contribution in [2.24, 2.45) is 0 Å². The fourth-order valence-electron chi connectivity index (χ4n) is 2.94. The molecule has 116 valence electrons. The van der Waals surface area contributed by atoms with Crippen molar-refractivity contribution in [3.05, 3.63) is 70.3 Å². The topological polar surface area (TPSA) is 53.3 Å². The first-order valence-electron chi connectivity index (χ1n) is 7.61. The first-order chi connectivity index (χ1) is 11.2. The van der Waals surface area contributed by atoms with Crippen molar-refractivity contribution < 1.29 is 9.53 Å². The number of benzene rings is 2. The highest BCUT2D eigenvalue weighted by molar-refractivity contribution is 5.89. The van der Waals surface area contributed by atoms with Crippen molar-refractivity contribution in [1.29, 1.82) is 5.26 Å². The highest BCUT2D eigenvalue weighted by atomic mass is 16.5. The summed E-state index contributed by atoms with van der Waals surface area (Å²) >= 11 is 0. The number of nitrogens with zero attached hydrogens (tertiary/aromatic N) is 2. The number of ether oxygens (including phenoxy) is 1. The number of fused-ring (bicyclic) bond motifs is 1. The van der Waals surface area contributed by atoms with E-state index in [1.165, 1.54) is 18.2 Å². The Labute approximate surface area is 135 Å². The van der Waals surface area contributed by atoms with E-state index >= 15 is 0 Å². The average Bonchev–Trinajstić information content (AvgIpc) is 2.61. The normalized spacial score (nSPS) is 13.9. The lowest BCUT2D eigenvalue weighted by atomic mass is 9.97. The summed E-state index contributed by atoms with van der Waals surface area (Å²) in [6.45, 7) is 2.68. The van der Waals surface area contributed by atoms with Crippen LogP contribution in [-0.2, 0) is 24.2 Å². The molecule has 2 aromatic carbocycles. The predicted octanol–water partition coefficient (Wildman–Crippen LogP) is 2.90. The van der Waals surface area contributed by atoms with Gasteiger partial charge in [-0.3, -0.25) is 4.90 Å². The molecule has 0 aliphatic carbocycles. The Balaban J connectivity index is 1.69. The van der Waals surface area contributed by atoms with E-state index in [0.717, 1.165) is 31.6 Å². The number of nitriles is 1. The minimum Gasteiger partial charge on any atom is -0.465 e. The molecule has 0 saturated carbocycles. The van der Waals surface area contributed by atoms with Crippen LogP contribution in [0.1, 0.15) is 32.6 Å². The minimum atomic E-state index is -0.313. The van der Waals surface area contributed by atoms with Crippen molar-refractivity contribution in [3.63, 3.8) is 0 Å². The average molecular weight is 306 g/mol. The molecule has 1 aliphatic heterocycles. The zero-order valence-electron chi connectivity index (χ0n) is 13.1. The van der Waals surface area contributed by atoms with Gasteiger partial charge in [-0.1, -0.05) is 18.2 Å². The number of rotatable bonds is 3. The summed E-state index contributed by atoms with van der Waals surface area (Å²) in [6, 6.07) is 15.7. The number of carbonyl (C=O) groups excluding carboxylic acids is 1. The summed E-state index contributed by atoms with van der Waals surface area (Å²) in [4.78, 5) is 13.8. The molecule has 0 bridgehead atoms. The van der Waals surface area contributed by atoms with E-state index in [9.17, 15) is 4.79 Å². The first kappa shape index (κ1) is 15.3. The van der Waals surface area contributed by atoms with Gasteiger partial charge in [0.05, 0.1) is 24.3 Å². The van der Waals surface area contributed by atoms with E-state index in [1.807, 2.05) is 24.3 Å². The smallest absolute Gasteiger partial charge is 0.337 e. The molecular weight excluding hydrogens is 288 g/mol. The Morgan fingerprint density at radius 3 is 2.70 bits per heavy atom. The molecule has 23 heavy (non-hydrogen) atoms. The second kappa shape index (κ2) is 6.64. The van der Waals surface area contributed by atoms with E-state index in [4.69, 9.17) is 10.00 Å². The molecule has 0 N–H and O–H groups in total. The van der Waals surface area contributed by atoms with Crippen molar-refractivity contribution in [2.75, 3.05) is 13.7 Å². The second-order valence-electron chi connectivity index (χ2n) is 5.74. The maximum absolute atomic E-state index is 11.5. The van der Waals surface area contributed by atoms with Crippen LogP contribution < -0.4 is 0 Å². The first-order valence-corrected chi connectivity index (χ1v) is 7.61. The van der Waals surface area contributed by atoms with Gasteiger partial charge in [-0.15, -0.1) is 0 Å². The SMILES string of the molecule is COC(=O)c1ccc(CN2CCc3ccc(C#N)cc3C2)cc1. The lowest BCUT2D eigenvalue weighted by Crippen LogP contribution is -2.30. The Kier molecular flexibility index (Phi) is 4.40. The van der Waals surface area contributed by atoms with Gasteiger partial charge in [-0.05, 0) is 47.4 Å². The van der Waals surface area contributed by atoms with Gasteiger partial charge in [-0.2, -0.15) is 5.26 Å². The predicted molar refractivity (Wildman–Crippen MR) is 86.8 cm³/mol. The quantitative estimate of drug-likeness (QED) is 0.818. The number of hydrogen-bond acceptors (Lipinski definition) is 4. The van der Waals surface area contributed by atoms with Crippen LogP contribution in [0.15, 0.2) is 42.5 Å². The van der Waals surface area contributed by atoms with Gasteiger partial charge in [0.1, 0.15) is 0 Å². The van der Waals surface area contributed by atoms with Crippen LogP contribution in [0.4, 0.5) is 0 Å². The summed E-state index contributed by atoms with van der Waals surface area (Å²) in [6.07, 6.45) is 1.00. The van der Waals surface area contributed by atoms with Gasteiger partial charge in [0, 0.05) is 19.6 Å². The summed E-state index contributed by atoms with van der Waals surface area (Å²) in [5, 5.41) is 9.03. The fraction of sp³-hybridized carbons (Fsp3) is 0.263. The lowest BCUT2D eigenvalue weighted by molar-refractivity contribution is 0.0600. The third-order valence-electron chi connectivity index (χ3n) is 4.21. The van der Waals surface area contributed by atoms with Gasteiger partial charge >= 0.3 is 5.97 Å². The van der Waals surface area contributed by atoms with Crippen LogP contribution in [-0.4, -0.2) is 24.5 Å². The van der Waals surface area contributed by atoms with Gasteiger partial charge in [0.25, 0.3) is 0 Å². The van der Waals surface area contributed by atoms with Crippen LogP contribution in [0.5, 0.6) is 0 Å². The van der Waals surface area contributed by atoms with Crippen molar-refractivity contribution in [1.82, 2.24) is 4.90 Å². The van der Waals surface area contributed by atoms with Crippen LogP contribution >= 0.6 is 0 Å². The summed E-state index contributed by atoms with van der Waals surface area (Å²) in [7, 11) is 1.39. The van der Waals surface area contributed by atoms with Gasteiger partial charge in [0.15, 0.2) is 0 Å². The standard InChI is InChI=1S/C19H18N2O2/c1-23-19(22)17-6-2-14(3-7-17)12-21-9-8-16-5-4-15(11-20)10-18(16)13-21/h2-7,10H,8-9,12-13H2,1H3. The Morgan fingerprint density at radius 2 is 2.00 bits per heavy atom. The largest absolute Gasteiger partial charge is 0.465 e. The molecule has 0 amide bonds. The van der Waals surface area contributed by atoms with Crippen molar-refractivity contribution >= 4 is 5.97 Å². The third-order valence-corrected chi connectivity index (χ3v) is 4.21. The maximum atomic E-state index is 11.5. The van der Waals surface area contributed by atoms with Gasteiger partial charge < -0.3 is 4.74 Å². The number of hydrogen-bond donors (Lipinski definition) is 0. The molecule has 0 radical (unpaired) electrons. The van der Waals surface area contributed by atoms with E-state index in [1.54, 1.807) is 12.1 Å². The monoisotopic (exact) mass is 306 g/mol. The Morgan fingerprint density at radius 1 is 1.22 bits per heavy atom. The molecular formula is C19H18N2O2. The molecule has 0 unspecified atom stereocenters. The zero-order valence-corrected chi connectivity index (χ0v) is 13.1.